The molecule has 3 rings (SSSR count). The number of halogens is 1. The molecule has 2 aromatic rings. The van der Waals surface area contributed by atoms with Crippen LogP contribution in [0.3, 0.4) is 0 Å². The Bertz CT molecular complexity index is 1040. The molecule has 2 unspecified atom stereocenters. The maximum absolute atomic E-state index is 12.7. The van der Waals surface area contributed by atoms with E-state index in [2.05, 4.69) is 15.2 Å². The maximum atomic E-state index is 12.7. The number of amides is 1. The smallest absolute Gasteiger partial charge is 0.266 e. The molecule has 12 heteroatoms. The van der Waals surface area contributed by atoms with Crippen LogP contribution in [0, 0.1) is 0 Å². The van der Waals surface area contributed by atoms with Gasteiger partial charge in [-0.3, -0.25) is 19.8 Å². The molecule has 1 saturated heterocycles. The predicted octanol–water partition coefficient (Wildman–Crippen LogP) is 2.84. The number of thiazole rings is 1. The summed E-state index contributed by atoms with van der Waals surface area (Å²) in [5.41, 5.74) is 0.989. The van der Waals surface area contributed by atoms with Crippen molar-refractivity contribution in [3.05, 3.63) is 39.9 Å². The number of hydroxylamine groups is 1. The fourth-order valence-electron chi connectivity index (χ4n) is 3.33. The van der Waals surface area contributed by atoms with E-state index >= 15 is 0 Å². The Balaban J connectivity index is 1.71. The number of nitrogens with one attached hydrogen (secondary N) is 1. The first-order valence-corrected chi connectivity index (χ1v) is 12.3. The zero-order valence-corrected chi connectivity index (χ0v) is 20.1. The minimum atomic E-state index is -4.00. The highest BCUT2D eigenvalue weighted by Gasteiger charge is 2.26. The molecular formula is C19H25ClN4O5S2. The third-order valence-corrected chi connectivity index (χ3v) is 7.69. The van der Waals surface area contributed by atoms with Gasteiger partial charge in [-0.05, 0) is 32.0 Å². The number of aromatic nitrogens is 1. The highest BCUT2D eigenvalue weighted by molar-refractivity contribution is 7.89. The lowest BCUT2D eigenvalue weighted by molar-refractivity contribution is -0.0707. The van der Waals surface area contributed by atoms with Gasteiger partial charge in [-0.15, -0.1) is 11.3 Å². The lowest BCUT2D eigenvalue weighted by atomic mass is 10.2. The number of ether oxygens (including phenoxy) is 1. The monoisotopic (exact) mass is 488 g/mol. The average molecular weight is 489 g/mol. The summed E-state index contributed by atoms with van der Waals surface area (Å²) in [6.07, 6.45) is 0.322. The largest absolute Gasteiger partial charge is 0.373 e. The van der Waals surface area contributed by atoms with Crippen molar-refractivity contribution in [2.24, 2.45) is 0 Å². The number of benzene rings is 1. The molecular weight excluding hydrogens is 464 g/mol. The molecule has 2 atom stereocenters. The van der Waals surface area contributed by atoms with Gasteiger partial charge >= 0.3 is 0 Å². The molecule has 1 N–H and O–H groups in total. The Labute approximate surface area is 190 Å². The summed E-state index contributed by atoms with van der Waals surface area (Å²) in [6, 6.07) is 4.03. The number of nitrogens with zero attached hydrogens (tertiary/aromatic N) is 3. The number of anilines is 1. The lowest BCUT2D eigenvalue weighted by Gasteiger charge is -2.34. The average Bonchev–Trinajstić information content (AvgIpc) is 3.13. The third-order valence-electron chi connectivity index (χ3n) is 4.72. The molecule has 0 aliphatic carbocycles. The molecule has 1 aliphatic heterocycles. The van der Waals surface area contributed by atoms with E-state index in [1.54, 1.807) is 0 Å². The lowest BCUT2D eigenvalue weighted by Crippen LogP contribution is -2.44. The van der Waals surface area contributed by atoms with E-state index in [-0.39, 0.29) is 27.7 Å². The topological polar surface area (TPSA) is 101 Å². The van der Waals surface area contributed by atoms with E-state index in [1.807, 2.05) is 19.2 Å². The van der Waals surface area contributed by atoms with E-state index in [9.17, 15) is 13.2 Å². The van der Waals surface area contributed by atoms with E-state index in [1.165, 1.54) is 43.7 Å². The molecule has 31 heavy (non-hydrogen) atoms. The second-order valence-electron chi connectivity index (χ2n) is 7.29. The number of hydrogen-bond donors (Lipinski definition) is 1. The van der Waals surface area contributed by atoms with Gasteiger partial charge in [-0.25, -0.2) is 13.4 Å². The van der Waals surface area contributed by atoms with Crippen LogP contribution in [-0.2, 0) is 26.1 Å². The Morgan fingerprint density at radius 2 is 2.06 bits per heavy atom. The van der Waals surface area contributed by atoms with Crippen LogP contribution in [0.5, 0.6) is 0 Å². The SMILES string of the molecule is CON(C)S(=O)(=O)c1cc(C(=O)Nc2nc(CN3CC(C)OC(C)C3)cs2)ccc1Cl. The molecule has 1 aromatic heterocycles. The van der Waals surface area contributed by atoms with Crippen molar-refractivity contribution >= 4 is 44.0 Å². The minimum Gasteiger partial charge on any atom is -0.373 e. The van der Waals surface area contributed by atoms with Crippen LogP contribution in [-0.4, -0.2) is 68.1 Å². The fourth-order valence-corrected chi connectivity index (χ4v) is 5.50. The molecule has 0 bridgehead atoms. The van der Waals surface area contributed by atoms with E-state index in [4.69, 9.17) is 21.2 Å². The van der Waals surface area contributed by atoms with E-state index in [0.717, 1.165) is 18.8 Å². The van der Waals surface area contributed by atoms with Crippen molar-refractivity contribution in [1.82, 2.24) is 14.4 Å². The van der Waals surface area contributed by atoms with Crippen molar-refractivity contribution < 1.29 is 22.8 Å². The Morgan fingerprint density at radius 1 is 1.39 bits per heavy atom. The quantitative estimate of drug-likeness (QED) is 0.598. The number of rotatable bonds is 7. The van der Waals surface area contributed by atoms with Gasteiger partial charge in [0.05, 0.1) is 30.0 Å². The second-order valence-corrected chi connectivity index (χ2v) is 10.5. The molecule has 9 nitrogen and oxygen atoms in total. The first-order chi connectivity index (χ1) is 14.6. The zero-order chi connectivity index (χ0) is 22.8. The summed E-state index contributed by atoms with van der Waals surface area (Å²) >= 11 is 7.36. The Hall–Kier alpha value is -1.60. The summed E-state index contributed by atoms with van der Waals surface area (Å²) < 4.78 is 31.5. The van der Waals surface area contributed by atoms with E-state index in [0.29, 0.717) is 16.1 Å². The van der Waals surface area contributed by atoms with Crippen molar-refractivity contribution in [1.29, 1.82) is 0 Å². The van der Waals surface area contributed by atoms with Crippen molar-refractivity contribution in [2.45, 2.75) is 37.5 Å². The molecule has 0 spiro atoms. The molecule has 170 valence electrons. The second kappa shape index (κ2) is 9.90. The van der Waals surface area contributed by atoms with Gasteiger partial charge in [0.1, 0.15) is 4.90 Å². The van der Waals surface area contributed by atoms with E-state index < -0.39 is 15.9 Å². The number of morpholine rings is 1. The molecule has 1 fully saturated rings. The van der Waals surface area contributed by atoms with Crippen LogP contribution in [0.4, 0.5) is 5.13 Å². The van der Waals surface area contributed by atoms with Gasteiger partial charge in [0.2, 0.25) is 0 Å². The molecule has 0 saturated carbocycles. The number of sulfonamides is 1. The fraction of sp³-hybridized carbons (Fsp3) is 0.474. The molecule has 1 aliphatic rings. The summed E-state index contributed by atoms with van der Waals surface area (Å²) in [4.78, 5) is 24.0. The Morgan fingerprint density at radius 3 is 2.71 bits per heavy atom. The van der Waals surface area contributed by atoms with Gasteiger partial charge in [0.15, 0.2) is 5.13 Å². The molecule has 1 amide bonds. The van der Waals surface area contributed by atoms with Crippen molar-refractivity contribution in [2.75, 3.05) is 32.6 Å². The van der Waals surface area contributed by atoms with Crippen LogP contribution in [0.25, 0.3) is 0 Å². The van der Waals surface area contributed by atoms with Crippen molar-refractivity contribution in [3.8, 4) is 0 Å². The van der Waals surface area contributed by atoms with Crippen LogP contribution >= 0.6 is 22.9 Å². The van der Waals surface area contributed by atoms with Crippen LogP contribution in [0.2, 0.25) is 5.02 Å². The van der Waals surface area contributed by atoms with Crippen LogP contribution in [0.15, 0.2) is 28.5 Å². The minimum absolute atomic E-state index is 0.00838. The summed E-state index contributed by atoms with van der Waals surface area (Å²) in [5, 5.41) is 5.04. The van der Waals surface area contributed by atoms with Gasteiger partial charge < -0.3 is 4.74 Å². The van der Waals surface area contributed by atoms with Gasteiger partial charge in [0, 0.05) is 37.6 Å². The maximum Gasteiger partial charge on any atom is 0.266 e. The highest BCUT2D eigenvalue weighted by Crippen LogP contribution is 2.26. The number of carbonyl (C=O) groups excluding carboxylic acids is 1. The normalized spacial score (nSPS) is 20.2. The summed E-state index contributed by atoms with van der Waals surface area (Å²) in [7, 11) is -1.54. The predicted molar refractivity (Wildman–Crippen MR) is 119 cm³/mol. The summed E-state index contributed by atoms with van der Waals surface area (Å²) in [5.74, 6) is -0.484. The Kier molecular flexibility index (Phi) is 7.68. The third kappa shape index (κ3) is 5.80. The van der Waals surface area contributed by atoms with Crippen LogP contribution < -0.4 is 5.32 Å². The van der Waals surface area contributed by atoms with Crippen LogP contribution in [0.1, 0.15) is 29.9 Å². The molecule has 1 aromatic carbocycles. The van der Waals surface area contributed by atoms with Gasteiger partial charge in [0.25, 0.3) is 15.9 Å². The van der Waals surface area contributed by atoms with Gasteiger partial charge in [-0.2, -0.15) is 0 Å². The first kappa shape index (κ1) is 24.1. The summed E-state index contributed by atoms with van der Waals surface area (Å²) in [6.45, 7) is 6.39. The highest BCUT2D eigenvalue weighted by atomic mass is 35.5. The standard InChI is InChI=1S/C19H25ClN4O5S2/c1-12-8-24(9-13(2)29-12)10-15-11-30-19(21-15)22-18(25)14-5-6-16(20)17(7-14)31(26,27)23(3)28-4/h5-7,11-13H,8-10H2,1-4H3,(H,21,22,25). The number of carbonyl (C=O) groups is 1. The molecule has 0 radical (unpaired) electrons. The number of hydrogen-bond acceptors (Lipinski definition) is 8. The van der Waals surface area contributed by atoms with Crippen molar-refractivity contribution in [3.63, 3.8) is 0 Å². The molecule has 2 heterocycles. The zero-order valence-electron chi connectivity index (χ0n) is 17.7. The first-order valence-electron chi connectivity index (χ1n) is 9.56. The van der Waals surface area contributed by atoms with Gasteiger partial charge in [-0.1, -0.05) is 16.1 Å².